The van der Waals surface area contributed by atoms with E-state index in [1.54, 1.807) is 18.0 Å². The summed E-state index contributed by atoms with van der Waals surface area (Å²) in [5, 5.41) is 10.9. The molecule has 0 bridgehead atoms. The number of halogens is 1. The van der Waals surface area contributed by atoms with Crippen molar-refractivity contribution < 1.29 is 9.72 Å². The van der Waals surface area contributed by atoms with Gasteiger partial charge in [-0.15, -0.1) is 0 Å². The summed E-state index contributed by atoms with van der Waals surface area (Å²) in [6.45, 7) is 2.01. The van der Waals surface area contributed by atoms with Crippen molar-refractivity contribution in [2.75, 3.05) is 7.05 Å². The molecule has 1 fully saturated rings. The van der Waals surface area contributed by atoms with Crippen LogP contribution >= 0.6 is 15.9 Å². The Morgan fingerprint density at radius 1 is 1.53 bits per heavy atom. The smallest absolute Gasteiger partial charge is 0.284 e. The highest BCUT2D eigenvalue weighted by atomic mass is 79.9. The number of nitro groups is 1. The Kier molecular flexibility index (Phi) is 3.89. The number of nitro benzene ring substituents is 1. The van der Waals surface area contributed by atoms with Gasteiger partial charge in [-0.25, -0.2) is 0 Å². The fourth-order valence-corrected chi connectivity index (χ4v) is 2.67. The highest BCUT2D eigenvalue weighted by Crippen LogP contribution is 2.36. The van der Waals surface area contributed by atoms with Crippen LogP contribution in [0.1, 0.15) is 30.1 Å². The molecule has 5 nitrogen and oxygen atoms in total. The second kappa shape index (κ2) is 5.28. The van der Waals surface area contributed by atoms with Crippen molar-refractivity contribution in [3.05, 3.63) is 38.3 Å². The molecule has 102 valence electrons. The molecule has 0 heterocycles. The Labute approximate surface area is 119 Å². The molecule has 1 aliphatic rings. The average molecular weight is 327 g/mol. The van der Waals surface area contributed by atoms with E-state index in [1.807, 2.05) is 6.92 Å². The van der Waals surface area contributed by atoms with Crippen LogP contribution in [0.5, 0.6) is 0 Å². The molecule has 0 saturated heterocycles. The van der Waals surface area contributed by atoms with Crippen LogP contribution in [0.2, 0.25) is 0 Å². The highest BCUT2D eigenvalue weighted by Gasteiger charge is 2.33. The van der Waals surface area contributed by atoms with Gasteiger partial charge in [0.15, 0.2) is 0 Å². The molecule has 1 aromatic carbocycles. The lowest BCUT2D eigenvalue weighted by Crippen LogP contribution is -2.36. The first-order valence-electron chi connectivity index (χ1n) is 6.13. The Morgan fingerprint density at radius 2 is 2.16 bits per heavy atom. The molecule has 6 heteroatoms. The molecule has 1 amide bonds. The zero-order chi connectivity index (χ0) is 14.2. The monoisotopic (exact) mass is 326 g/mol. The Balaban J connectivity index is 2.28. The zero-order valence-corrected chi connectivity index (χ0v) is 12.4. The first kappa shape index (κ1) is 14.0. The second-order valence-electron chi connectivity index (χ2n) is 4.89. The predicted molar refractivity (Wildman–Crippen MR) is 75.1 cm³/mol. The average Bonchev–Trinajstić information content (AvgIpc) is 3.20. The van der Waals surface area contributed by atoms with Crippen LogP contribution in [0.4, 0.5) is 5.69 Å². The molecule has 19 heavy (non-hydrogen) atoms. The van der Waals surface area contributed by atoms with Gasteiger partial charge in [-0.1, -0.05) is 6.07 Å². The minimum atomic E-state index is -0.495. The first-order chi connectivity index (χ1) is 8.93. The maximum absolute atomic E-state index is 12.4. The Bertz CT molecular complexity index is 529. The maximum Gasteiger partial charge on any atom is 0.284 e. The Hall–Kier alpha value is -1.43. The summed E-state index contributed by atoms with van der Waals surface area (Å²) in [6, 6.07) is 4.69. The number of hydrogen-bond acceptors (Lipinski definition) is 3. The zero-order valence-electron chi connectivity index (χ0n) is 10.8. The molecule has 1 unspecified atom stereocenters. The van der Waals surface area contributed by atoms with Crippen molar-refractivity contribution >= 4 is 27.5 Å². The van der Waals surface area contributed by atoms with Gasteiger partial charge < -0.3 is 4.90 Å². The van der Waals surface area contributed by atoms with E-state index in [4.69, 9.17) is 0 Å². The standard InChI is InChI=1S/C13H15BrN2O3/c1-8(9-6-7-9)15(2)13(17)10-4-3-5-11(12(10)14)16(18)19/h3-5,8-9H,6-7H2,1-2H3. The summed E-state index contributed by atoms with van der Waals surface area (Å²) in [5.41, 5.74) is 0.252. The third kappa shape index (κ3) is 2.78. The van der Waals surface area contributed by atoms with Crippen LogP contribution in [0.25, 0.3) is 0 Å². The lowest BCUT2D eigenvalue weighted by Gasteiger charge is -2.25. The molecule has 2 rings (SSSR count). The molecule has 1 aliphatic carbocycles. The molecular formula is C13H15BrN2O3. The van der Waals surface area contributed by atoms with Crippen LogP contribution in [0.15, 0.2) is 22.7 Å². The summed E-state index contributed by atoms with van der Waals surface area (Å²) in [5.74, 6) is 0.376. The van der Waals surface area contributed by atoms with Crippen molar-refractivity contribution in [1.29, 1.82) is 0 Å². The molecule has 0 aliphatic heterocycles. The molecule has 0 spiro atoms. The van der Waals surface area contributed by atoms with E-state index in [0.717, 1.165) is 12.8 Å². The molecule has 1 saturated carbocycles. The molecule has 0 N–H and O–H groups in total. The molecular weight excluding hydrogens is 312 g/mol. The van der Waals surface area contributed by atoms with Crippen molar-refractivity contribution in [3.8, 4) is 0 Å². The van der Waals surface area contributed by atoms with Crippen molar-refractivity contribution in [3.63, 3.8) is 0 Å². The van der Waals surface area contributed by atoms with Gasteiger partial charge in [-0.2, -0.15) is 0 Å². The maximum atomic E-state index is 12.4. The van der Waals surface area contributed by atoms with Crippen LogP contribution < -0.4 is 0 Å². The van der Waals surface area contributed by atoms with Crippen LogP contribution in [0.3, 0.4) is 0 Å². The van der Waals surface area contributed by atoms with Crippen LogP contribution in [-0.2, 0) is 0 Å². The van der Waals surface area contributed by atoms with E-state index >= 15 is 0 Å². The normalized spacial score (nSPS) is 15.9. The van der Waals surface area contributed by atoms with Crippen molar-refractivity contribution in [2.45, 2.75) is 25.8 Å². The quantitative estimate of drug-likeness (QED) is 0.630. The lowest BCUT2D eigenvalue weighted by molar-refractivity contribution is -0.385. The summed E-state index contributed by atoms with van der Waals surface area (Å²) < 4.78 is 0.250. The van der Waals surface area contributed by atoms with E-state index in [2.05, 4.69) is 15.9 Å². The van der Waals surface area contributed by atoms with Crippen LogP contribution in [0, 0.1) is 16.0 Å². The van der Waals surface area contributed by atoms with Gasteiger partial charge in [0, 0.05) is 19.2 Å². The van der Waals surface area contributed by atoms with Crippen LogP contribution in [-0.4, -0.2) is 28.8 Å². The number of rotatable bonds is 4. The van der Waals surface area contributed by atoms with E-state index in [9.17, 15) is 14.9 Å². The summed E-state index contributed by atoms with van der Waals surface area (Å²) in [7, 11) is 1.75. The van der Waals surface area contributed by atoms with Gasteiger partial charge in [0.05, 0.1) is 10.5 Å². The summed E-state index contributed by atoms with van der Waals surface area (Å²) in [4.78, 5) is 24.4. The summed E-state index contributed by atoms with van der Waals surface area (Å²) >= 11 is 3.16. The largest absolute Gasteiger partial charge is 0.339 e. The summed E-state index contributed by atoms with van der Waals surface area (Å²) in [6.07, 6.45) is 2.30. The third-order valence-corrected chi connectivity index (χ3v) is 4.47. The van der Waals surface area contributed by atoms with Gasteiger partial charge in [-0.05, 0) is 47.7 Å². The van der Waals surface area contributed by atoms with Gasteiger partial charge in [-0.3, -0.25) is 14.9 Å². The minimum absolute atomic E-state index is 0.0849. The highest BCUT2D eigenvalue weighted by molar-refractivity contribution is 9.10. The fraction of sp³-hybridized carbons (Fsp3) is 0.462. The molecule has 0 radical (unpaired) electrons. The van der Waals surface area contributed by atoms with Crippen molar-refractivity contribution in [2.24, 2.45) is 5.92 Å². The molecule has 1 atom stereocenters. The Morgan fingerprint density at radius 3 is 2.68 bits per heavy atom. The first-order valence-corrected chi connectivity index (χ1v) is 6.93. The van der Waals surface area contributed by atoms with E-state index in [-0.39, 0.29) is 22.1 Å². The lowest BCUT2D eigenvalue weighted by atomic mass is 10.1. The van der Waals surface area contributed by atoms with Gasteiger partial charge >= 0.3 is 0 Å². The number of nitrogens with zero attached hydrogens (tertiary/aromatic N) is 2. The predicted octanol–water partition coefficient (Wildman–Crippen LogP) is 3.23. The number of amides is 1. The number of benzene rings is 1. The molecule has 0 aromatic heterocycles. The molecule has 1 aromatic rings. The SMILES string of the molecule is CC(C1CC1)N(C)C(=O)c1cccc([N+](=O)[O-])c1Br. The fourth-order valence-electron chi connectivity index (χ4n) is 2.10. The van der Waals surface area contributed by atoms with E-state index < -0.39 is 4.92 Å². The topological polar surface area (TPSA) is 63.5 Å². The van der Waals surface area contributed by atoms with Gasteiger partial charge in [0.1, 0.15) is 4.47 Å². The van der Waals surface area contributed by atoms with Gasteiger partial charge in [0.25, 0.3) is 11.6 Å². The van der Waals surface area contributed by atoms with Gasteiger partial charge in [0.2, 0.25) is 0 Å². The number of carbonyl (C=O) groups excluding carboxylic acids is 1. The number of carbonyl (C=O) groups is 1. The van der Waals surface area contributed by atoms with E-state index in [0.29, 0.717) is 11.5 Å². The number of hydrogen-bond donors (Lipinski definition) is 0. The van der Waals surface area contributed by atoms with Crippen molar-refractivity contribution in [1.82, 2.24) is 4.90 Å². The third-order valence-electron chi connectivity index (χ3n) is 3.64. The second-order valence-corrected chi connectivity index (χ2v) is 5.68. The van der Waals surface area contributed by atoms with E-state index in [1.165, 1.54) is 12.1 Å². The minimum Gasteiger partial charge on any atom is -0.339 e.